The van der Waals surface area contributed by atoms with Crippen molar-refractivity contribution in [2.75, 3.05) is 7.11 Å². The molecule has 166 valence electrons. The second-order valence-corrected chi connectivity index (χ2v) is 8.21. The van der Waals surface area contributed by atoms with E-state index >= 15 is 0 Å². The van der Waals surface area contributed by atoms with Gasteiger partial charge in [-0.3, -0.25) is 9.59 Å². The van der Waals surface area contributed by atoms with Crippen LogP contribution in [0.3, 0.4) is 0 Å². The van der Waals surface area contributed by atoms with Crippen LogP contribution >= 0.6 is 34.8 Å². The highest BCUT2D eigenvalue weighted by molar-refractivity contribution is 6.34. The summed E-state index contributed by atoms with van der Waals surface area (Å²) in [5, 5.41) is -0.368. The van der Waals surface area contributed by atoms with Crippen molar-refractivity contribution in [1.82, 2.24) is 19.9 Å². The van der Waals surface area contributed by atoms with Gasteiger partial charge in [0.2, 0.25) is 5.88 Å². The smallest absolute Gasteiger partial charge is 0.243 e. The van der Waals surface area contributed by atoms with Crippen LogP contribution in [0.5, 0.6) is 5.88 Å². The summed E-state index contributed by atoms with van der Waals surface area (Å²) in [6.45, 7) is 0. The van der Waals surface area contributed by atoms with Gasteiger partial charge < -0.3 is 4.74 Å². The Kier molecular flexibility index (Phi) is 6.56. The fourth-order valence-electron chi connectivity index (χ4n) is 3.67. The number of benzene rings is 1. The van der Waals surface area contributed by atoms with Crippen molar-refractivity contribution >= 4 is 52.9 Å². The molecule has 4 rings (SSSR count). The van der Waals surface area contributed by atoms with E-state index in [9.17, 15) is 9.59 Å². The van der Waals surface area contributed by atoms with Crippen LogP contribution in [-0.4, -0.2) is 45.0 Å². The summed E-state index contributed by atoms with van der Waals surface area (Å²) >= 11 is 19.8. The lowest BCUT2D eigenvalue weighted by Crippen LogP contribution is -2.40. The van der Waals surface area contributed by atoms with Gasteiger partial charge in [0.1, 0.15) is 5.69 Å². The summed E-state index contributed by atoms with van der Waals surface area (Å²) in [6.07, 6.45) is 9.31. The fourth-order valence-corrected chi connectivity index (χ4v) is 4.58. The Labute approximate surface area is 204 Å². The van der Waals surface area contributed by atoms with Crippen molar-refractivity contribution in [1.29, 1.82) is 0 Å². The lowest BCUT2D eigenvalue weighted by Gasteiger charge is -2.37. The van der Waals surface area contributed by atoms with E-state index in [2.05, 4.69) is 19.9 Å². The van der Waals surface area contributed by atoms with E-state index in [1.54, 1.807) is 18.2 Å². The van der Waals surface area contributed by atoms with Crippen LogP contribution in [0.1, 0.15) is 37.9 Å². The predicted octanol–water partition coefficient (Wildman–Crippen LogP) is 4.75. The summed E-state index contributed by atoms with van der Waals surface area (Å²) < 4.78 is 5.26. The number of hydrogen-bond donors (Lipinski definition) is 0. The van der Waals surface area contributed by atoms with Gasteiger partial charge in [0, 0.05) is 5.02 Å². The molecule has 0 aliphatic heterocycles. The number of halogens is 3. The molecule has 0 amide bonds. The molecule has 0 saturated heterocycles. The van der Waals surface area contributed by atoms with E-state index < -0.39 is 10.8 Å². The van der Waals surface area contributed by atoms with E-state index in [0.717, 1.165) is 5.56 Å². The standard InChI is InChI=1S/C23H15Cl3N4O3/c1-33-22-17(12-32)28-10-19(30-22)23(18-9-27-16(11-31)21(26)29-18)8-4-6-14(20(23)25)13-5-2-3-7-15(13)24/h2-12,20H,1H3. The largest absolute Gasteiger partial charge is 0.479 e. The average Bonchev–Trinajstić information content (AvgIpc) is 2.84. The maximum Gasteiger partial charge on any atom is 0.243 e. The number of nitrogens with zero attached hydrogens (tertiary/aromatic N) is 4. The SMILES string of the molecule is COc1nc(C2(c3cnc(C=O)c(Cl)n3)C=CC=C(c3ccccc3Cl)C2Cl)cnc1C=O. The Morgan fingerprint density at radius 1 is 1.00 bits per heavy atom. The zero-order valence-corrected chi connectivity index (χ0v) is 19.3. The number of ether oxygens (including phenoxy) is 1. The average molecular weight is 502 g/mol. The summed E-state index contributed by atoms with van der Waals surface area (Å²) in [5.41, 5.74) is 0.867. The topological polar surface area (TPSA) is 94.9 Å². The second-order valence-electron chi connectivity index (χ2n) is 7.01. The highest BCUT2D eigenvalue weighted by atomic mass is 35.5. The monoisotopic (exact) mass is 500 g/mol. The second kappa shape index (κ2) is 9.39. The van der Waals surface area contributed by atoms with Gasteiger partial charge in [-0.25, -0.2) is 19.9 Å². The van der Waals surface area contributed by atoms with Gasteiger partial charge in [-0.15, -0.1) is 11.6 Å². The maximum absolute atomic E-state index is 11.4. The van der Waals surface area contributed by atoms with Gasteiger partial charge in [-0.05, 0) is 17.2 Å². The zero-order valence-electron chi connectivity index (χ0n) is 17.1. The van der Waals surface area contributed by atoms with Crippen molar-refractivity contribution in [3.63, 3.8) is 0 Å². The quantitative estimate of drug-likeness (QED) is 0.355. The van der Waals surface area contributed by atoms with Crippen LogP contribution in [-0.2, 0) is 5.41 Å². The Morgan fingerprint density at radius 3 is 2.30 bits per heavy atom. The van der Waals surface area contributed by atoms with Crippen molar-refractivity contribution in [3.05, 3.63) is 93.4 Å². The van der Waals surface area contributed by atoms with Crippen LogP contribution in [0.15, 0.2) is 54.9 Å². The molecule has 0 bridgehead atoms. The highest BCUT2D eigenvalue weighted by Crippen LogP contribution is 2.47. The Hall–Kier alpha value is -3.13. The molecule has 1 aliphatic carbocycles. The molecule has 0 N–H and O–H groups in total. The van der Waals surface area contributed by atoms with Gasteiger partial charge in [0.15, 0.2) is 23.4 Å². The number of allylic oxidation sites excluding steroid dienone is 4. The Balaban J connectivity index is 1.99. The van der Waals surface area contributed by atoms with E-state index in [4.69, 9.17) is 39.5 Å². The molecule has 1 aliphatic rings. The minimum absolute atomic E-state index is 0.0108. The van der Waals surface area contributed by atoms with Crippen LogP contribution in [0.2, 0.25) is 10.2 Å². The molecule has 0 fully saturated rings. The minimum atomic E-state index is -1.23. The number of aromatic nitrogens is 4. The lowest BCUT2D eigenvalue weighted by atomic mass is 9.71. The van der Waals surface area contributed by atoms with Crippen LogP contribution in [0.4, 0.5) is 0 Å². The minimum Gasteiger partial charge on any atom is -0.479 e. The molecule has 0 spiro atoms. The Bertz CT molecular complexity index is 1310. The maximum atomic E-state index is 11.4. The molecule has 2 aromatic heterocycles. The first-order valence-corrected chi connectivity index (χ1v) is 10.8. The van der Waals surface area contributed by atoms with Gasteiger partial charge in [0.05, 0.1) is 41.7 Å². The summed E-state index contributed by atoms with van der Waals surface area (Å²) in [4.78, 5) is 39.8. The van der Waals surface area contributed by atoms with Crippen molar-refractivity contribution in [2.45, 2.75) is 10.8 Å². The molecule has 33 heavy (non-hydrogen) atoms. The van der Waals surface area contributed by atoms with Crippen molar-refractivity contribution in [3.8, 4) is 5.88 Å². The third-order valence-corrected chi connectivity index (χ3v) is 6.47. The lowest BCUT2D eigenvalue weighted by molar-refractivity contribution is 0.110. The fraction of sp³-hybridized carbons (Fsp3) is 0.130. The first kappa shape index (κ1) is 23.0. The molecule has 2 heterocycles. The number of rotatable bonds is 6. The third-order valence-electron chi connectivity index (χ3n) is 5.28. The predicted molar refractivity (Wildman–Crippen MR) is 125 cm³/mol. The van der Waals surface area contributed by atoms with Crippen LogP contribution in [0, 0.1) is 0 Å². The number of carbonyl (C=O) groups is 2. The first-order valence-electron chi connectivity index (χ1n) is 9.59. The summed E-state index contributed by atoms with van der Waals surface area (Å²) in [5.74, 6) is 0.0246. The molecule has 2 atom stereocenters. The van der Waals surface area contributed by atoms with Gasteiger partial charge in [-0.1, -0.05) is 59.6 Å². The molecular formula is C23H15Cl3N4O3. The van der Waals surface area contributed by atoms with Gasteiger partial charge >= 0.3 is 0 Å². The molecule has 0 radical (unpaired) electrons. The van der Waals surface area contributed by atoms with E-state index in [0.29, 0.717) is 34.6 Å². The molecule has 3 aromatic rings. The number of alkyl halides is 1. The van der Waals surface area contributed by atoms with Crippen LogP contribution in [0.25, 0.3) is 5.57 Å². The van der Waals surface area contributed by atoms with Crippen molar-refractivity contribution in [2.24, 2.45) is 0 Å². The Morgan fingerprint density at radius 2 is 1.67 bits per heavy atom. The van der Waals surface area contributed by atoms with Gasteiger partial charge in [0.25, 0.3) is 0 Å². The molecular weight excluding hydrogens is 487 g/mol. The normalized spacial score (nSPS) is 19.6. The summed E-state index contributed by atoms with van der Waals surface area (Å²) in [7, 11) is 1.38. The van der Waals surface area contributed by atoms with E-state index in [-0.39, 0.29) is 22.4 Å². The summed E-state index contributed by atoms with van der Waals surface area (Å²) in [6, 6.07) is 7.28. The number of aldehydes is 2. The molecule has 2 unspecified atom stereocenters. The van der Waals surface area contributed by atoms with E-state index in [1.165, 1.54) is 19.5 Å². The van der Waals surface area contributed by atoms with Crippen molar-refractivity contribution < 1.29 is 14.3 Å². The molecule has 1 aromatic carbocycles. The molecule has 0 saturated carbocycles. The zero-order chi connectivity index (χ0) is 23.6. The van der Waals surface area contributed by atoms with Crippen LogP contribution < -0.4 is 4.74 Å². The number of hydrogen-bond acceptors (Lipinski definition) is 7. The first-order chi connectivity index (χ1) is 16.0. The third kappa shape index (κ3) is 3.93. The molecule has 10 heteroatoms. The molecule has 7 nitrogen and oxygen atoms in total. The highest BCUT2D eigenvalue weighted by Gasteiger charge is 2.46. The number of carbonyl (C=O) groups excluding carboxylic acids is 2. The number of methoxy groups -OCH3 is 1. The van der Waals surface area contributed by atoms with Gasteiger partial charge in [-0.2, -0.15) is 0 Å². The van der Waals surface area contributed by atoms with E-state index in [1.807, 2.05) is 24.3 Å².